The minimum Gasteiger partial charge on any atom is -0.480 e. The number of rotatable bonds is 14. The average Bonchev–Trinajstić information content (AvgIpc) is 2.96. The third-order valence-electron chi connectivity index (χ3n) is 5.63. The van der Waals surface area contributed by atoms with Crippen LogP contribution in [0.4, 0.5) is 9.59 Å². The molecule has 0 spiro atoms. The summed E-state index contributed by atoms with van der Waals surface area (Å²) in [6.07, 6.45) is -1.73. The SMILES string of the molecule is C[C@H](NC(=O)OCc1ccccc1)C(=O)OC[C@H](NC(=O)[C@H](Cc1ccccc1)NC(=O)CNC(=O)OC(C)(C)C)C(=O)O. The molecule has 2 aromatic carbocycles. The summed E-state index contributed by atoms with van der Waals surface area (Å²) >= 11 is 0. The Bertz CT molecular complexity index is 1280. The molecule has 2 rings (SSSR count). The molecule has 0 aliphatic rings. The predicted molar refractivity (Wildman–Crippen MR) is 156 cm³/mol. The van der Waals surface area contributed by atoms with Gasteiger partial charge in [0, 0.05) is 6.42 Å². The first kappa shape index (κ1) is 35.1. The van der Waals surface area contributed by atoms with Crippen molar-refractivity contribution in [2.75, 3.05) is 13.2 Å². The van der Waals surface area contributed by atoms with Crippen molar-refractivity contribution in [1.29, 1.82) is 0 Å². The van der Waals surface area contributed by atoms with E-state index in [0.717, 1.165) is 5.56 Å². The van der Waals surface area contributed by atoms with Gasteiger partial charge < -0.3 is 40.6 Å². The van der Waals surface area contributed by atoms with E-state index in [-0.39, 0.29) is 13.0 Å². The third kappa shape index (κ3) is 13.7. The molecule has 0 fully saturated rings. The molecular formula is C30H38N4O10. The molecule has 0 radical (unpaired) electrons. The summed E-state index contributed by atoms with van der Waals surface area (Å²) in [4.78, 5) is 73.9. The molecule has 0 aliphatic heterocycles. The molecule has 0 aromatic heterocycles. The van der Waals surface area contributed by atoms with Crippen LogP contribution in [0.5, 0.6) is 0 Å². The maximum Gasteiger partial charge on any atom is 0.408 e. The van der Waals surface area contributed by atoms with Gasteiger partial charge in [-0.15, -0.1) is 0 Å². The normalized spacial score (nSPS) is 12.8. The summed E-state index contributed by atoms with van der Waals surface area (Å²) in [5.74, 6) is -4.09. The summed E-state index contributed by atoms with van der Waals surface area (Å²) in [7, 11) is 0. The van der Waals surface area contributed by atoms with Crippen molar-refractivity contribution in [3.63, 3.8) is 0 Å². The van der Waals surface area contributed by atoms with Gasteiger partial charge in [-0.1, -0.05) is 60.7 Å². The van der Waals surface area contributed by atoms with Gasteiger partial charge in [0.15, 0.2) is 6.04 Å². The monoisotopic (exact) mass is 614 g/mol. The van der Waals surface area contributed by atoms with E-state index < -0.39 is 72.8 Å². The number of carboxylic acids is 1. The quantitative estimate of drug-likeness (QED) is 0.154. The van der Waals surface area contributed by atoms with Gasteiger partial charge in [0.1, 0.15) is 37.4 Å². The lowest BCUT2D eigenvalue weighted by Gasteiger charge is -2.23. The first-order valence-corrected chi connectivity index (χ1v) is 13.7. The zero-order valence-electron chi connectivity index (χ0n) is 25.0. The highest BCUT2D eigenvalue weighted by Crippen LogP contribution is 2.07. The molecule has 0 bridgehead atoms. The van der Waals surface area contributed by atoms with Crippen molar-refractivity contribution in [3.8, 4) is 0 Å². The van der Waals surface area contributed by atoms with Crippen LogP contribution in [0.15, 0.2) is 60.7 Å². The summed E-state index contributed by atoms with van der Waals surface area (Å²) in [6, 6.07) is 13.4. The first-order valence-electron chi connectivity index (χ1n) is 13.7. The fraction of sp³-hybridized carbons (Fsp3) is 0.400. The standard InChI is InChI=1S/C30H38N4O10/c1-19(32-29(41)43-17-21-13-9-6-10-14-21)27(39)42-18-23(26(37)38)34-25(36)22(15-20-11-7-5-8-12-20)33-24(35)16-31-28(40)44-30(2,3)4/h5-14,19,22-23H,15-18H2,1-4H3,(H,31,40)(H,32,41)(H,33,35)(H,34,36)(H,37,38)/t19-,22-,23-/m0/s1. The number of alkyl carbamates (subject to hydrolysis) is 2. The second kappa shape index (κ2) is 17.1. The smallest absolute Gasteiger partial charge is 0.408 e. The Kier molecular flexibility index (Phi) is 13.6. The Morgan fingerprint density at radius 3 is 1.93 bits per heavy atom. The number of carboxylic acid groups (broad SMARTS) is 1. The van der Waals surface area contributed by atoms with Crippen molar-refractivity contribution in [2.45, 2.75) is 64.4 Å². The number of ether oxygens (including phenoxy) is 3. The van der Waals surface area contributed by atoms with Crippen molar-refractivity contribution in [1.82, 2.24) is 21.3 Å². The summed E-state index contributed by atoms with van der Waals surface area (Å²) < 4.78 is 15.2. The molecule has 0 aliphatic carbocycles. The van der Waals surface area contributed by atoms with Crippen LogP contribution in [0.25, 0.3) is 0 Å². The van der Waals surface area contributed by atoms with Crippen LogP contribution in [0.3, 0.4) is 0 Å². The lowest BCUT2D eigenvalue weighted by molar-refractivity contribution is -0.151. The Labute approximate surface area is 254 Å². The van der Waals surface area contributed by atoms with Crippen molar-refractivity contribution in [3.05, 3.63) is 71.8 Å². The average molecular weight is 615 g/mol. The first-order chi connectivity index (χ1) is 20.7. The number of hydrogen-bond donors (Lipinski definition) is 5. The minimum absolute atomic E-state index is 0.0109. The number of hydrogen-bond acceptors (Lipinski definition) is 9. The van der Waals surface area contributed by atoms with E-state index in [1.54, 1.807) is 81.4 Å². The molecule has 14 nitrogen and oxygen atoms in total. The minimum atomic E-state index is -1.68. The van der Waals surface area contributed by atoms with Gasteiger partial charge in [-0.2, -0.15) is 0 Å². The largest absolute Gasteiger partial charge is 0.480 e. The molecule has 3 atom stereocenters. The van der Waals surface area contributed by atoms with Crippen LogP contribution in [-0.4, -0.2) is 77.9 Å². The van der Waals surface area contributed by atoms with Gasteiger partial charge in [-0.25, -0.2) is 19.2 Å². The van der Waals surface area contributed by atoms with Crippen molar-refractivity contribution in [2.24, 2.45) is 0 Å². The Balaban J connectivity index is 1.95. The summed E-state index contributed by atoms with van der Waals surface area (Å²) in [5, 5.41) is 18.9. The fourth-order valence-corrected chi connectivity index (χ4v) is 3.51. The number of esters is 1. The molecule has 238 valence electrons. The molecule has 4 amide bonds. The number of carbonyl (C=O) groups is 6. The lowest BCUT2D eigenvalue weighted by atomic mass is 10.0. The highest BCUT2D eigenvalue weighted by molar-refractivity contribution is 5.92. The van der Waals surface area contributed by atoms with Crippen LogP contribution < -0.4 is 21.3 Å². The maximum absolute atomic E-state index is 13.1. The second-order valence-corrected chi connectivity index (χ2v) is 10.6. The molecule has 0 heterocycles. The van der Waals surface area contributed by atoms with E-state index in [9.17, 15) is 33.9 Å². The molecular weight excluding hydrogens is 576 g/mol. The fourth-order valence-electron chi connectivity index (χ4n) is 3.51. The van der Waals surface area contributed by atoms with E-state index in [2.05, 4.69) is 21.3 Å². The summed E-state index contributed by atoms with van der Waals surface area (Å²) in [6.45, 7) is 4.98. The zero-order valence-corrected chi connectivity index (χ0v) is 25.0. The summed E-state index contributed by atoms with van der Waals surface area (Å²) in [5.41, 5.74) is 0.606. The number of benzene rings is 2. The van der Waals surface area contributed by atoms with Gasteiger partial charge in [0.2, 0.25) is 11.8 Å². The van der Waals surface area contributed by atoms with Gasteiger partial charge >= 0.3 is 24.1 Å². The second-order valence-electron chi connectivity index (χ2n) is 10.6. The zero-order chi connectivity index (χ0) is 32.7. The van der Waals surface area contributed by atoms with Gasteiger partial charge in [-0.3, -0.25) is 9.59 Å². The van der Waals surface area contributed by atoms with E-state index in [1.807, 2.05) is 0 Å². The van der Waals surface area contributed by atoms with E-state index >= 15 is 0 Å². The third-order valence-corrected chi connectivity index (χ3v) is 5.63. The molecule has 0 saturated carbocycles. The van der Waals surface area contributed by atoms with Crippen LogP contribution >= 0.6 is 0 Å². The highest BCUT2D eigenvalue weighted by Gasteiger charge is 2.29. The van der Waals surface area contributed by atoms with E-state index in [4.69, 9.17) is 14.2 Å². The van der Waals surface area contributed by atoms with E-state index in [1.165, 1.54) is 6.92 Å². The topological polar surface area (TPSA) is 198 Å². The van der Waals surface area contributed by atoms with Crippen LogP contribution in [0, 0.1) is 0 Å². The molecule has 0 unspecified atom stereocenters. The van der Waals surface area contributed by atoms with E-state index in [0.29, 0.717) is 5.56 Å². The van der Waals surface area contributed by atoms with Crippen LogP contribution in [0.2, 0.25) is 0 Å². The van der Waals surface area contributed by atoms with Gasteiger partial charge in [0.25, 0.3) is 0 Å². The van der Waals surface area contributed by atoms with Crippen LogP contribution in [-0.2, 0) is 46.4 Å². The molecule has 5 N–H and O–H groups in total. The molecule has 0 saturated heterocycles. The predicted octanol–water partition coefficient (Wildman–Crippen LogP) is 1.67. The van der Waals surface area contributed by atoms with Crippen molar-refractivity contribution >= 4 is 35.9 Å². The number of aliphatic carboxylic acids is 1. The molecule has 2 aromatic rings. The van der Waals surface area contributed by atoms with Crippen LogP contribution in [0.1, 0.15) is 38.8 Å². The molecule has 14 heteroatoms. The Morgan fingerprint density at radius 2 is 1.36 bits per heavy atom. The number of carbonyl (C=O) groups excluding carboxylic acids is 5. The van der Waals surface area contributed by atoms with Crippen molar-refractivity contribution < 1.29 is 48.1 Å². The molecule has 44 heavy (non-hydrogen) atoms. The highest BCUT2D eigenvalue weighted by atomic mass is 16.6. The number of amides is 4. The number of nitrogens with one attached hydrogen (secondary N) is 4. The Morgan fingerprint density at radius 1 is 0.773 bits per heavy atom. The van der Waals surface area contributed by atoms with Gasteiger partial charge in [0.05, 0.1) is 0 Å². The maximum atomic E-state index is 13.1. The Hall–Kier alpha value is -5.14. The lowest BCUT2D eigenvalue weighted by Crippen LogP contribution is -2.55. The van der Waals surface area contributed by atoms with Gasteiger partial charge in [-0.05, 0) is 38.8 Å².